The van der Waals surface area contributed by atoms with Crippen LogP contribution in [0.3, 0.4) is 0 Å². The average molecular weight is 435 g/mol. The van der Waals surface area contributed by atoms with Gasteiger partial charge in [0.1, 0.15) is 23.6 Å². The van der Waals surface area contributed by atoms with Crippen molar-refractivity contribution in [3.63, 3.8) is 0 Å². The Labute approximate surface area is 185 Å². The Kier molecular flexibility index (Phi) is 5.82. The van der Waals surface area contributed by atoms with Gasteiger partial charge in [-0.1, -0.05) is 13.8 Å². The number of aliphatic imine (C=N–C) groups is 1. The largest absolute Gasteiger partial charge is 0.449 e. The minimum absolute atomic E-state index is 0.421. The first-order chi connectivity index (χ1) is 14.9. The van der Waals surface area contributed by atoms with Gasteiger partial charge in [-0.2, -0.15) is 0 Å². The van der Waals surface area contributed by atoms with E-state index in [1.165, 1.54) is 16.0 Å². The van der Waals surface area contributed by atoms with Crippen molar-refractivity contribution in [3.8, 4) is 5.00 Å². The second kappa shape index (κ2) is 8.55. The van der Waals surface area contributed by atoms with Gasteiger partial charge in [0, 0.05) is 34.8 Å². The lowest BCUT2D eigenvalue weighted by Gasteiger charge is -2.10. The molecular weight excluding hydrogens is 408 g/mol. The van der Waals surface area contributed by atoms with E-state index < -0.39 is 0 Å². The summed E-state index contributed by atoms with van der Waals surface area (Å²) in [5, 5.41) is 9.72. The summed E-state index contributed by atoms with van der Waals surface area (Å²) >= 11 is 1.78. The van der Waals surface area contributed by atoms with Gasteiger partial charge in [-0.25, -0.2) is 4.98 Å². The van der Waals surface area contributed by atoms with Gasteiger partial charge in [-0.3, -0.25) is 14.5 Å². The summed E-state index contributed by atoms with van der Waals surface area (Å²) in [4.78, 5) is 14.6. The third-order valence-electron chi connectivity index (χ3n) is 5.28. The molecule has 0 saturated heterocycles. The lowest BCUT2D eigenvalue weighted by molar-refractivity contribution is 0.521. The van der Waals surface area contributed by atoms with Crippen molar-refractivity contribution in [3.05, 3.63) is 75.6 Å². The molecule has 1 aliphatic heterocycles. The third-order valence-corrected chi connectivity index (χ3v) is 6.48. The highest BCUT2D eigenvalue weighted by molar-refractivity contribution is 7.15. The van der Waals surface area contributed by atoms with Gasteiger partial charge in [-0.05, 0) is 44.4 Å². The number of aromatic nitrogens is 5. The highest BCUT2D eigenvalue weighted by atomic mass is 32.1. The zero-order valence-corrected chi connectivity index (χ0v) is 19.5. The van der Waals surface area contributed by atoms with Crippen LogP contribution in [-0.2, 0) is 6.54 Å². The van der Waals surface area contributed by atoms with Crippen LogP contribution in [0.4, 0.5) is 0 Å². The van der Waals surface area contributed by atoms with E-state index in [2.05, 4.69) is 64.6 Å². The molecule has 0 amide bonds. The van der Waals surface area contributed by atoms with Crippen LogP contribution in [0.2, 0.25) is 0 Å². The molecule has 5 rings (SSSR count). The molecule has 4 aromatic rings. The minimum Gasteiger partial charge on any atom is -0.449 e. The minimum atomic E-state index is 0.421. The lowest BCUT2D eigenvalue weighted by Crippen LogP contribution is -2.08. The Bertz CT molecular complexity index is 1220. The van der Waals surface area contributed by atoms with Crippen LogP contribution < -0.4 is 0 Å². The number of rotatable bonds is 2. The Morgan fingerprint density at radius 3 is 2.45 bits per heavy atom. The van der Waals surface area contributed by atoms with E-state index in [1.54, 1.807) is 30.7 Å². The zero-order valence-electron chi connectivity index (χ0n) is 18.7. The summed E-state index contributed by atoms with van der Waals surface area (Å²) in [6, 6.07) is 4.24. The quantitative estimate of drug-likeness (QED) is 0.438. The molecule has 0 fully saturated rings. The van der Waals surface area contributed by atoms with Crippen LogP contribution in [0.5, 0.6) is 0 Å². The Morgan fingerprint density at radius 2 is 1.87 bits per heavy atom. The molecule has 0 saturated carbocycles. The van der Waals surface area contributed by atoms with Crippen molar-refractivity contribution in [1.29, 1.82) is 0 Å². The lowest BCUT2D eigenvalue weighted by atomic mass is 10.00. The van der Waals surface area contributed by atoms with E-state index in [9.17, 15) is 0 Å². The molecule has 0 radical (unpaired) electrons. The second-order valence-corrected chi connectivity index (χ2v) is 9.01. The summed E-state index contributed by atoms with van der Waals surface area (Å²) in [5.74, 6) is 2.93. The molecule has 8 heteroatoms. The number of oxazole rings is 1. The summed E-state index contributed by atoms with van der Waals surface area (Å²) in [5.41, 5.74) is 5.62. The molecule has 0 aromatic carbocycles. The summed E-state index contributed by atoms with van der Waals surface area (Å²) < 4.78 is 6.87. The van der Waals surface area contributed by atoms with E-state index >= 15 is 0 Å². The van der Waals surface area contributed by atoms with Gasteiger partial charge in [-0.15, -0.1) is 21.5 Å². The maximum Gasteiger partial charge on any atom is 0.190 e. The van der Waals surface area contributed by atoms with Crippen molar-refractivity contribution in [2.24, 2.45) is 4.99 Å². The number of hydrogen-bond donors (Lipinski definition) is 0. The van der Waals surface area contributed by atoms with Crippen molar-refractivity contribution in [2.75, 3.05) is 0 Å². The molecule has 5 heterocycles. The number of hydrogen-bond acceptors (Lipinski definition) is 7. The molecule has 0 aliphatic carbocycles. The number of fused-ring (bicyclic) bond motifs is 3. The Hall–Kier alpha value is -3.13. The predicted octanol–water partition coefficient (Wildman–Crippen LogP) is 5.11. The fourth-order valence-corrected chi connectivity index (χ4v) is 4.69. The molecule has 0 bridgehead atoms. The fraction of sp³-hybridized carbons (Fsp3) is 0.348. The zero-order chi connectivity index (χ0) is 22.1. The van der Waals surface area contributed by atoms with Crippen LogP contribution in [0.1, 0.15) is 64.6 Å². The molecule has 0 unspecified atom stereocenters. The highest BCUT2D eigenvalue weighted by Crippen LogP contribution is 2.36. The van der Waals surface area contributed by atoms with Crippen LogP contribution in [0, 0.1) is 27.7 Å². The molecule has 4 aromatic heterocycles. The smallest absolute Gasteiger partial charge is 0.190 e. The van der Waals surface area contributed by atoms with Crippen LogP contribution in [0.25, 0.3) is 5.00 Å². The van der Waals surface area contributed by atoms with E-state index in [-0.39, 0.29) is 0 Å². The normalized spacial score (nSPS) is 12.5. The first-order valence-corrected chi connectivity index (χ1v) is 11.1. The van der Waals surface area contributed by atoms with Gasteiger partial charge in [0.05, 0.1) is 11.9 Å². The maximum absolute atomic E-state index is 4.90. The number of pyridine rings is 1. The van der Waals surface area contributed by atoms with E-state index in [1.807, 2.05) is 13.1 Å². The predicted molar refractivity (Wildman–Crippen MR) is 122 cm³/mol. The molecule has 0 N–H and O–H groups in total. The first-order valence-electron chi connectivity index (χ1n) is 10.2. The van der Waals surface area contributed by atoms with Crippen LogP contribution >= 0.6 is 11.3 Å². The standard InChI is InChI=1S/C19H21N5S.C4H5NO/c1-10(2)15-7-6-14(8-20-15)18-17-11(3)12(4)25-19(17)24-13(5)22-23-16(24)9-21-18;1-4-5-2-3-6-4/h6-8,10H,9H2,1-5H3;2-3H,1H3. The third kappa shape index (κ3) is 4.07. The van der Waals surface area contributed by atoms with Crippen LogP contribution in [0.15, 0.2) is 40.2 Å². The molecule has 0 atom stereocenters. The molecule has 7 nitrogen and oxygen atoms in total. The van der Waals surface area contributed by atoms with Gasteiger partial charge in [0.2, 0.25) is 0 Å². The average Bonchev–Trinajstić information content (AvgIpc) is 3.41. The van der Waals surface area contributed by atoms with E-state index in [4.69, 9.17) is 9.41 Å². The number of thiophene rings is 1. The van der Waals surface area contributed by atoms with Crippen molar-refractivity contribution >= 4 is 17.0 Å². The molecular formula is C23H26N6OS. The number of nitrogens with zero attached hydrogens (tertiary/aromatic N) is 6. The first kappa shape index (κ1) is 21.1. The second-order valence-electron chi connectivity index (χ2n) is 7.80. The highest BCUT2D eigenvalue weighted by Gasteiger charge is 2.26. The van der Waals surface area contributed by atoms with E-state index in [0.717, 1.165) is 39.5 Å². The van der Waals surface area contributed by atoms with Gasteiger partial charge < -0.3 is 4.42 Å². The van der Waals surface area contributed by atoms with Gasteiger partial charge in [0.25, 0.3) is 0 Å². The van der Waals surface area contributed by atoms with Crippen molar-refractivity contribution in [1.82, 2.24) is 24.7 Å². The molecule has 0 spiro atoms. The SMILES string of the molecule is Cc1ncco1.Cc1sc2c(c1C)C(c1ccc(C(C)C)nc1)=NCc1nnc(C)n1-2. The molecule has 160 valence electrons. The van der Waals surface area contributed by atoms with Crippen molar-refractivity contribution < 1.29 is 4.42 Å². The van der Waals surface area contributed by atoms with Crippen molar-refractivity contribution in [2.45, 2.75) is 54.0 Å². The molecule has 1 aliphatic rings. The fourth-order valence-electron chi connectivity index (χ4n) is 3.46. The monoisotopic (exact) mass is 434 g/mol. The maximum atomic E-state index is 4.90. The number of aryl methyl sites for hydroxylation is 3. The van der Waals surface area contributed by atoms with Gasteiger partial charge >= 0.3 is 0 Å². The molecule has 31 heavy (non-hydrogen) atoms. The van der Waals surface area contributed by atoms with Crippen LogP contribution in [-0.4, -0.2) is 30.4 Å². The summed E-state index contributed by atoms with van der Waals surface area (Å²) in [6.07, 6.45) is 5.12. The summed E-state index contributed by atoms with van der Waals surface area (Å²) in [6.45, 7) is 13.0. The van der Waals surface area contributed by atoms with Gasteiger partial charge in [0.15, 0.2) is 11.7 Å². The topological polar surface area (TPSA) is 82.0 Å². The Morgan fingerprint density at radius 1 is 1.06 bits per heavy atom. The Balaban J connectivity index is 0.000000334. The summed E-state index contributed by atoms with van der Waals surface area (Å²) in [7, 11) is 0. The van der Waals surface area contributed by atoms with E-state index in [0.29, 0.717) is 12.5 Å².